The summed E-state index contributed by atoms with van der Waals surface area (Å²) in [6.07, 6.45) is -1.09. The van der Waals surface area contributed by atoms with Gasteiger partial charge in [0.05, 0.1) is 0 Å². The zero-order valence-electron chi connectivity index (χ0n) is 9.87. The molecule has 0 atom stereocenters. The molecule has 0 bridgehead atoms. The molecule has 0 aliphatic heterocycles. The second kappa shape index (κ2) is 4.39. The minimum absolute atomic E-state index is 0.0973. The van der Waals surface area contributed by atoms with Crippen LogP contribution in [0.5, 0.6) is 0 Å². The van der Waals surface area contributed by atoms with Crippen LogP contribution < -0.4 is 5.32 Å². The molecule has 0 aliphatic rings. The first-order valence-electron chi connectivity index (χ1n) is 5.10. The Labute approximate surface area is 95.8 Å². The highest BCUT2D eigenvalue weighted by molar-refractivity contribution is 5.79. The number of hydrogen-bond donors (Lipinski definition) is 2. The molecule has 16 heavy (non-hydrogen) atoms. The van der Waals surface area contributed by atoms with Crippen LogP contribution in [0.15, 0.2) is 30.8 Å². The van der Waals surface area contributed by atoms with Gasteiger partial charge in [0, 0.05) is 5.70 Å². The Morgan fingerprint density at radius 3 is 2.12 bits per heavy atom. The molecular formula is C13H17NO2. The summed E-state index contributed by atoms with van der Waals surface area (Å²) >= 11 is 0. The number of carboxylic acid groups (broad SMARTS) is 1. The monoisotopic (exact) mass is 219 g/mol. The largest absolute Gasteiger partial charge is 0.465 e. The molecule has 1 aromatic rings. The number of carbonyl (C=O) groups is 1. The minimum atomic E-state index is -1.09. The van der Waals surface area contributed by atoms with Crippen LogP contribution in [0.25, 0.3) is 5.70 Å². The fourth-order valence-electron chi connectivity index (χ4n) is 1.37. The first-order chi connectivity index (χ1) is 7.30. The van der Waals surface area contributed by atoms with Gasteiger partial charge in [-0.05, 0) is 16.5 Å². The number of benzene rings is 1. The van der Waals surface area contributed by atoms with Crippen molar-refractivity contribution in [2.24, 2.45) is 0 Å². The van der Waals surface area contributed by atoms with Crippen molar-refractivity contribution in [2.75, 3.05) is 0 Å². The van der Waals surface area contributed by atoms with Crippen molar-refractivity contribution >= 4 is 11.8 Å². The molecule has 0 unspecified atom stereocenters. The van der Waals surface area contributed by atoms with Crippen molar-refractivity contribution < 1.29 is 9.90 Å². The fraction of sp³-hybridized carbons (Fsp3) is 0.308. The summed E-state index contributed by atoms with van der Waals surface area (Å²) in [5.74, 6) is 0. The maximum absolute atomic E-state index is 10.4. The molecule has 0 radical (unpaired) electrons. The molecule has 0 saturated carbocycles. The Kier molecular flexibility index (Phi) is 3.38. The third-order valence-corrected chi connectivity index (χ3v) is 2.36. The number of nitrogens with one attached hydrogen (secondary N) is 1. The summed E-state index contributed by atoms with van der Waals surface area (Å²) in [7, 11) is 0. The van der Waals surface area contributed by atoms with Crippen molar-refractivity contribution in [1.82, 2.24) is 5.32 Å². The Morgan fingerprint density at radius 2 is 1.75 bits per heavy atom. The van der Waals surface area contributed by atoms with E-state index >= 15 is 0 Å². The standard InChI is InChI=1S/C13H17NO2/c1-9(14-12(15)16)10-5-7-11(8-6-10)13(2,3)4/h5-8,14H,1H2,2-4H3,(H,15,16). The van der Waals surface area contributed by atoms with Crippen molar-refractivity contribution in [1.29, 1.82) is 0 Å². The average molecular weight is 219 g/mol. The van der Waals surface area contributed by atoms with E-state index in [1.807, 2.05) is 24.3 Å². The quantitative estimate of drug-likeness (QED) is 0.802. The molecule has 86 valence electrons. The molecule has 0 heterocycles. The highest BCUT2D eigenvalue weighted by Gasteiger charge is 2.13. The first kappa shape index (κ1) is 12.3. The SMILES string of the molecule is C=C(NC(=O)O)c1ccc(C(C)(C)C)cc1. The minimum Gasteiger partial charge on any atom is -0.465 e. The van der Waals surface area contributed by atoms with Crippen molar-refractivity contribution in [3.8, 4) is 0 Å². The molecule has 1 rings (SSSR count). The third kappa shape index (κ3) is 3.12. The second-order valence-electron chi connectivity index (χ2n) is 4.74. The van der Waals surface area contributed by atoms with Gasteiger partial charge in [-0.1, -0.05) is 51.6 Å². The predicted octanol–water partition coefficient (Wildman–Crippen LogP) is 3.22. The lowest BCUT2D eigenvalue weighted by Gasteiger charge is -2.19. The average Bonchev–Trinajstić information content (AvgIpc) is 2.15. The van der Waals surface area contributed by atoms with Crippen LogP contribution in [0.3, 0.4) is 0 Å². The first-order valence-corrected chi connectivity index (χ1v) is 5.10. The fourth-order valence-corrected chi connectivity index (χ4v) is 1.37. The molecule has 0 saturated heterocycles. The predicted molar refractivity (Wildman–Crippen MR) is 65.3 cm³/mol. The summed E-state index contributed by atoms with van der Waals surface area (Å²) in [5, 5.41) is 10.8. The Balaban J connectivity index is 2.87. The molecular weight excluding hydrogens is 202 g/mol. The van der Waals surface area contributed by atoms with Crippen LogP contribution in [-0.2, 0) is 5.41 Å². The van der Waals surface area contributed by atoms with Crippen LogP contribution in [0.1, 0.15) is 31.9 Å². The van der Waals surface area contributed by atoms with E-state index in [4.69, 9.17) is 5.11 Å². The Bertz CT molecular complexity index is 399. The topological polar surface area (TPSA) is 49.3 Å². The van der Waals surface area contributed by atoms with E-state index in [1.165, 1.54) is 5.56 Å². The van der Waals surface area contributed by atoms with Gasteiger partial charge in [-0.3, -0.25) is 5.32 Å². The summed E-state index contributed by atoms with van der Waals surface area (Å²) in [4.78, 5) is 10.4. The molecule has 3 nitrogen and oxygen atoms in total. The van der Waals surface area contributed by atoms with Crippen molar-refractivity contribution in [2.45, 2.75) is 26.2 Å². The van der Waals surface area contributed by atoms with E-state index < -0.39 is 6.09 Å². The summed E-state index contributed by atoms with van der Waals surface area (Å²) in [6, 6.07) is 7.73. The van der Waals surface area contributed by atoms with Gasteiger partial charge in [-0.25, -0.2) is 4.79 Å². The van der Waals surface area contributed by atoms with E-state index in [2.05, 4.69) is 32.7 Å². The molecule has 2 N–H and O–H groups in total. The maximum Gasteiger partial charge on any atom is 0.409 e. The van der Waals surface area contributed by atoms with Gasteiger partial charge in [-0.2, -0.15) is 0 Å². The molecule has 1 aromatic carbocycles. The van der Waals surface area contributed by atoms with Crippen LogP contribution in [0.2, 0.25) is 0 Å². The van der Waals surface area contributed by atoms with Crippen LogP contribution in [-0.4, -0.2) is 11.2 Å². The van der Waals surface area contributed by atoms with Gasteiger partial charge >= 0.3 is 6.09 Å². The third-order valence-electron chi connectivity index (χ3n) is 2.36. The lowest BCUT2D eigenvalue weighted by atomic mass is 9.86. The summed E-state index contributed by atoms with van der Waals surface area (Å²) in [5.41, 5.74) is 2.49. The van der Waals surface area contributed by atoms with Crippen LogP contribution in [0, 0.1) is 0 Å². The highest BCUT2D eigenvalue weighted by atomic mass is 16.4. The van der Waals surface area contributed by atoms with Crippen molar-refractivity contribution in [3.63, 3.8) is 0 Å². The van der Waals surface area contributed by atoms with Gasteiger partial charge in [0.25, 0.3) is 0 Å². The Hall–Kier alpha value is -1.77. The normalized spacial score (nSPS) is 10.9. The van der Waals surface area contributed by atoms with Crippen molar-refractivity contribution in [3.05, 3.63) is 42.0 Å². The van der Waals surface area contributed by atoms with Gasteiger partial charge < -0.3 is 5.11 Å². The smallest absolute Gasteiger partial charge is 0.409 e. The van der Waals surface area contributed by atoms with Gasteiger partial charge in [-0.15, -0.1) is 0 Å². The lowest BCUT2D eigenvalue weighted by Crippen LogP contribution is -2.18. The van der Waals surface area contributed by atoms with Crippen LogP contribution >= 0.6 is 0 Å². The van der Waals surface area contributed by atoms with E-state index in [0.717, 1.165) is 5.56 Å². The molecule has 3 heteroatoms. The lowest BCUT2D eigenvalue weighted by molar-refractivity contribution is 0.199. The van der Waals surface area contributed by atoms with E-state index in [9.17, 15) is 4.79 Å². The number of rotatable bonds is 2. The van der Waals surface area contributed by atoms with E-state index in [-0.39, 0.29) is 5.41 Å². The highest BCUT2D eigenvalue weighted by Crippen LogP contribution is 2.23. The van der Waals surface area contributed by atoms with Gasteiger partial charge in [0.1, 0.15) is 0 Å². The van der Waals surface area contributed by atoms with E-state index in [0.29, 0.717) is 5.70 Å². The van der Waals surface area contributed by atoms with Crippen LogP contribution in [0.4, 0.5) is 4.79 Å². The van der Waals surface area contributed by atoms with Gasteiger partial charge in [0.15, 0.2) is 0 Å². The number of hydrogen-bond acceptors (Lipinski definition) is 1. The molecule has 0 aromatic heterocycles. The molecule has 0 aliphatic carbocycles. The number of amides is 1. The summed E-state index contributed by atoms with van der Waals surface area (Å²) < 4.78 is 0. The zero-order valence-corrected chi connectivity index (χ0v) is 9.87. The van der Waals surface area contributed by atoms with E-state index in [1.54, 1.807) is 0 Å². The summed E-state index contributed by atoms with van der Waals surface area (Å²) in [6.45, 7) is 10.1. The second-order valence-corrected chi connectivity index (χ2v) is 4.74. The maximum atomic E-state index is 10.4. The molecule has 1 amide bonds. The zero-order chi connectivity index (χ0) is 12.3. The van der Waals surface area contributed by atoms with Gasteiger partial charge in [0.2, 0.25) is 0 Å². The Morgan fingerprint density at radius 1 is 1.25 bits per heavy atom. The molecule has 0 spiro atoms. The molecule has 0 fully saturated rings.